The van der Waals surface area contributed by atoms with Crippen LogP contribution in [0.2, 0.25) is 0 Å². The number of para-hydroxylation sites is 1. The summed E-state index contributed by atoms with van der Waals surface area (Å²) in [5.74, 6) is -1.31. The van der Waals surface area contributed by atoms with Crippen LogP contribution >= 0.6 is 0 Å². The zero-order chi connectivity index (χ0) is 14.0. The summed E-state index contributed by atoms with van der Waals surface area (Å²) in [6.07, 6.45) is 2.36. The van der Waals surface area contributed by atoms with E-state index in [4.69, 9.17) is 5.11 Å². The molecule has 0 spiro atoms. The molecule has 1 heterocycles. The summed E-state index contributed by atoms with van der Waals surface area (Å²) < 4.78 is 1.46. The van der Waals surface area contributed by atoms with Gasteiger partial charge in [0.15, 0.2) is 0 Å². The molecule has 1 aromatic carbocycles. The van der Waals surface area contributed by atoms with Crippen molar-refractivity contribution in [3.8, 4) is 5.69 Å². The van der Waals surface area contributed by atoms with Gasteiger partial charge in [0.05, 0.1) is 5.69 Å². The highest BCUT2D eigenvalue weighted by molar-refractivity contribution is 5.85. The monoisotopic (exact) mass is 258 g/mol. The van der Waals surface area contributed by atoms with Gasteiger partial charge in [-0.3, -0.25) is 4.79 Å². The van der Waals surface area contributed by atoms with Crippen LogP contribution in [0.5, 0.6) is 0 Å². The first-order chi connectivity index (χ1) is 9.04. The summed E-state index contributed by atoms with van der Waals surface area (Å²) in [4.78, 5) is 22.7. The minimum absolute atomic E-state index is 0.360. The van der Waals surface area contributed by atoms with Crippen LogP contribution in [0.25, 0.3) is 5.69 Å². The molecule has 0 bridgehead atoms. The van der Waals surface area contributed by atoms with Crippen molar-refractivity contribution in [2.24, 2.45) is 0 Å². The zero-order valence-electron chi connectivity index (χ0n) is 10.8. The molecule has 98 valence electrons. The Morgan fingerprint density at radius 3 is 2.68 bits per heavy atom. The molecule has 2 rings (SSSR count). The lowest BCUT2D eigenvalue weighted by molar-refractivity contribution is 0.0686. The average Bonchev–Trinajstić information content (AvgIpc) is 2.41. The van der Waals surface area contributed by atoms with Gasteiger partial charge in [0.1, 0.15) is 0 Å². The van der Waals surface area contributed by atoms with Gasteiger partial charge in [-0.25, -0.2) is 9.48 Å². The van der Waals surface area contributed by atoms with Crippen LogP contribution in [0.1, 0.15) is 28.5 Å². The van der Waals surface area contributed by atoms with E-state index in [9.17, 15) is 9.59 Å². The summed E-state index contributed by atoms with van der Waals surface area (Å²) in [6.45, 7) is 3.59. The Balaban J connectivity index is 2.70. The number of hydrogen-bond donors (Lipinski definition) is 1. The summed E-state index contributed by atoms with van der Waals surface area (Å²) >= 11 is 0. The Labute approximate surface area is 110 Å². The van der Waals surface area contributed by atoms with Crippen LogP contribution in [0.3, 0.4) is 0 Å². The van der Waals surface area contributed by atoms with Crippen molar-refractivity contribution in [3.05, 3.63) is 57.5 Å². The maximum absolute atomic E-state index is 11.7. The van der Waals surface area contributed by atoms with Crippen molar-refractivity contribution in [1.29, 1.82) is 0 Å². The molecule has 2 aromatic rings. The molecule has 0 aliphatic heterocycles. The fourth-order valence-corrected chi connectivity index (χ4v) is 1.91. The van der Waals surface area contributed by atoms with Crippen LogP contribution in [0, 0.1) is 6.92 Å². The highest BCUT2D eigenvalue weighted by atomic mass is 16.4. The van der Waals surface area contributed by atoms with Gasteiger partial charge in [-0.1, -0.05) is 25.1 Å². The maximum Gasteiger partial charge on any atom is 0.360 e. The average molecular weight is 258 g/mol. The molecule has 5 nitrogen and oxygen atoms in total. The molecule has 0 amide bonds. The van der Waals surface area contributed by atoms with Crippen molar-refractivity contribution < 1.29 is 9.90 Å². The van der Waals surface area contributed by atoms with E-state index in [1.54, 1.807) is 13.1 Å². The van der Waals surface area contributed by atoms with Gasteiger partial charge in [-0.15, -0.1) is 0 Å². The number of rotatable bonds is 3. The second kappa shape index (κ2) is 5.06. The minimum atomic E-state index is -1.31. The standard InChI is InChI=1S/C14H14N2O3/c1-3-10-6-4-5-7-11(10)16-8-9(2)13(17)12(15-16)14(18)19/h4-8H,3H2,1-2H3,(H,18,19). The number of benzene rings is 1. The highest BCUT2D eigenvalue weighted by Crippen LogP contribution is 2.14. The lowest BCUT2D eigenvalue weighted by Gasteiger charge is -2.11. The van der Waals surface area contributed by atoms with E-state index in [0.717, 1.165) is 17.7 Å². The van der Waals surface area contributed by atoms with E-state index in [1.807, 2.05) is 31.2 Å². The van der Waals surface area contributed by atoms with E-state index < -0.39 is 17.1 Å². The van der Waals surface area contributed by atoms with Gasteiger partial charge < -0.3 is 5.11 Å². The third-order valence-corrected chi connectivity index (χ3v) is 2.92. The van der Waals surface area contributed by atoms with Crippen LogP contribution in [-0.4, -0.2) is 20.9 Å². The number of carbonyl (C=O) groups is 1. The molecule has 0 atom stereocenters. The molecular weight excluding hydrogens is 244 g/mol. The summed E-state index contributed by atoms with van der Waals surface area (Å²) in [6, 6.07) is 7.56. The first-order valence-corrected chi connectivity index (χ1v) is 5.96. The fraction of sp³-hybridized carbons (Fsp3) is 0.214. The van der Waals surface area contributed by atoms with Crippen LogP contribution in [0.4, 0.5) is 0 Å². The number of nitrogens with zero attached hydrogens (tertiary/aromatic N) is 2. The van der Waals surface area contributed by atoms with Gasteiger partial charge in [-0.2, -0.15) is 5.10 Å². The molecule has 0 aliphatic rings. The normalized spacial score (nSPS) is 10.4. The summed E-state index contributed by atoms with van der Waals surface area (Å²) in [7, 11) is 0. The van der Waals surface area contributed by atoms with Gasteiger partial charge in [0.2, 0.25) is 11.1 Å². The van der Waals surface area contributed by atoms with Gasteiger partial charge >= 0.3 is 5.97 Å². The Hall–Kier alpha value is -2.43. The van der Waals surface area contributed by atoms with Crippen LogP contribution in [0.15, 0.2) is 35.3 Å². The highest BCUT2D eigenvalue weighted by Gasteiger charge is 2.15. The SMILES string of the molecule is CCc1ccccc1-n1cc(C)c(=O)c(C(=O)O)n1. The molecule has 0 unspecified atom stereocenters. The largest absolute Gasteiger partial charge is 0.476 e. The first kappa shape index (κ1) is 13.0. The van der Waals surface area contributed by atoms with Crippen LogP contribution in [-0.2, 0) is 6.42 Å². The van der Waals surface area contributed by atoms with E-state index in [2.05, 4.69) is 5.10 Å². The van der Waals surface area contributed by atoms with Crippen molar-refractivity contribution in [3.63, 3.8) is 0 Å². The Morgan fingerprint density at radius 1 is 1.37 bits per heavy atom. The van der Waals surface area contributed by atoms with Gasteiger partial charge in [0.25, 0.3) is 0 Å². The topological polar surface area (TPSA) is 72.2 Å². The molecular formula is C14H14N2O3. The molecule has 0 radical (unpaired) electrons. The van der Waals surface area contributed by atoms with Gasteiger partial charge in [0, 0.05) is 11.8 Å². The third-order valence-electron chi connectivity index (χ3n) is 2.92. The Bertz CT molecular complexity index is 689. The quantitative estimate of drug-likeness (QED) is 0.911. The Morgan fingerprint density at radius 2 is 2.05 bits per heavy atom. The van der Waals surface area contributed by atoms with Crippen molar-refractivity contribution in [1.82, 2.24) is 9.78 Å². The maximum atomic E-state index is 11.7. The minimum Gasteiger partial charge on any atom is -0.476 e. The number of aryl methyl sites for hydroxylation is 2. The Kier molecular flexibility index (Phi) is 3.46. The number of carboxylic acid groups (broad SMARTS) is 1. The first-order valence-electron chi connectivity index (χ1n) is 5.96. The number of hydrogen-bond acceptors (Lipinski definition) is 3. The lowest BCUT2D eigenvalue weighted by atomic mass is 10.1. The number of aromatic nitrogens is 2. The molecule has 0 saturated heterocycles. The molecule has 19 heavy (non-hydrogen) atoms. The second-order valence-corrected chi connectivity index (χ2v) is 4.22. The van der Waals surface area contributed by atoms with Gasteiger partial charge in [-0.05, 0) is 25.0 Å². The number of aromatic carboxylic acids is 1. The molecule has 1 aromatic heterocycles. The summed E-state index contributed by atoms with van der Waals surface area (Å²) in [5, 5.41) is 12.9. The molecule has 0 fully saturated rings. The zero-order valence-corrected chi connectivity index (χ0v) is 10.8. The van der Waals surface area contributed by atoms with E-state index >= 15 is 0 Å². The fourth-order valence-electron chi connectivity index (χ4n) is 1.91. The van der Waals surface area contributed by atoms with E-state index in [1.165, 1.54) is 4.68 Å². The molecule has 0 saturated carbocycles. The van der Waals surface area contributed by atoms with E-state index in [-0.39, 0.29) is 0 Å². The lowest BCUT2D eigenvalue weighted by Crippen LogP contribution is -2.23. The third kappa shape index (κ3) is 2.40. The smallest absolute Gasteiger partial charge is 0.360 e. The van der Waals surface area contributed by atoms with Crippen molar-refractivity contribution >= 4 is 5.97 Å². The van der Waals surface area contributed by atoms with E-state index in [0.29, 0.717) is 5.56 Å². The van der Waals surface area contributed by atoms with Crippen molar-refractivity contribution in [2.75, 3.05) is 0 Å². The van der Waals surface area contributed by atoms with Crippen molar-refractivity contribution in [2.45, 2.75) is 20.3 Å². The summed E-state index contributed by atoms with van der Waals surface area (Å²) in [5.41, 5.74) is 1.19. The second-order valence-electron chi connectivity index (χ2n) is 4.22. The predicted molar refractivity (Wildman–Crippen MR) is 70.9 cm³/mol. The predicted octanol–water partition coefficient (Wildman–Crippen LogP) is 1.80. The van der Waals surface area contributed by atoms with Crippen LogP contribution < -0.4 is 5.43 Å². The molecule has 1 N–H and O–H groups in total. The molecule has 5 heteroatoms. The number of carboxylic acids is 1. The molecule has 0 aliphatic carbocycles.